The average Bonchev–Trinajstić information content (AvgIpc) is 2.69. The molecule has 3 rings (SSSR count). The molecule has 3 nitrogen and oxygen atoms in total. The molecule has 0 unspecified atom stereocenters. The molecule has 1 fully saturated rings. The van der Waals surface area contributed by atoms with Crippen molar-refractivity contribution in [2.75, 3.05) is 13.1 Å². The van der Waals surface area contributed by atoms with Gasteiger partial charge in [0.2, 0.25) is 10.0 Å². The van der Waals surface area contributed by atoms with E-state index in [-0.39, 0.29) is 0 Å². The van der Waals surface area contributed by atoms with E-state index in [1.807, 2.05) is 12.1 Å². The summed E-state index contributed by atoms with van der Waals surface area (Å²) in [4.78, 5) is 0.495. The molecule has 1 aliphatic carbocycles. The molecular formula is C15H21NO2S. The quantitative estimate of drug-likeness (QED) is 0.835. The van der Waals surface area contributed by atoms with Crippen LogP contribution in [0.25, 0.3) is 0 Å². The van der Waals surface area contributed by atoms with Crippen LogP contribution in [0.4, 0.5) is 0 Å². The Hall–Kier alpha value is -0.870. The molecule has 19 heavy (non-hydrogen) atoms. The maximum absolute atomic E-state index is 12.7. The second-order valence-electron chi connectivity index (χ2n) is 5.60. The predicted octanol–water partition coefficient (Wildman–Crippen LogP) is 2.74. The highest BCUT2D eigenvalue weighted by Crippen LogP contribution is 2.27. The minimum absolute atomic E-state index is 0.495. The number of hydrogen-bond donors (Lipinski definition) is 0. The lowest BCUT2D eigenvalue weighted by atomic mass is 10.1. The van der Waals surface area contributed by atoms with Crippen LogP contribution in [-0.4, -0.2) is 25.8 Å². The summed E-state index contributed by atoms with van der Waals surface area (Å²) in [7, 11) is -3.27. The van der Waals surface area contributed by atoms with Crippen LogP contribution in [0, 0.1) is 0 Å². The monoisotopic (exact) mass is 279 g/mol. The van der Waals surface area contributed by atoms with Crippen molar-refractivity contribution in [1.82, 2.24) is 4.31 Å². The van der Waals surface area contributed by atoms with Crippen LogP contribution in [-0.2, 0) is 22.9 Å². The third kappa shape index (κ3) is 2.56. The fourth-order valence-corrected chi connectivity index (χ4v) is 4.71. The lowest BCUT2D eigenvalue weighted by Gasteiger charge is -2.20. The zero-order chi connectivity index (χ0) is 13.3. The summed E-state index contributed by atoms with van der Waals surface area (Å²) in [5.74, 6) is 0. The minimum Gasteiger partial charge on any atom is -0.207 e. The first-order valence-corrected chi connectivity index (χ1v) is 8.74. The zero-order valence-electron chi connectivity index (χ0n) is 11.3. The highest BCUT2D eigenvalue weighted by molar-refractivity contribution is 7.89. The Morgan fingerprint density at radius 1 is 0.842 bits per heavy atom. The van der Waals surface area contributed by atoms with E-state index in [4.69, 9.17) is 0 Å². The third-order valence-corrected chi connectivity index (χ3v) is 6.17. The number of fused-ring (bicyclic) bond motifs is 1. The molecule has 0 bridgehead atoms. The second kappa shape index (κ2) is 5.25. The molecule has 1 aromatic rings. The van der Waals surface area contributed by atoms with Crippen molar-refractivity contribution in [3.05, 3.63) is 29.3 Å². The summed E-state index contributed by atoms with van der Waals surface area (Å²) >= 11 is 0. The van der Waals surface area contributed by atoms with E-state index in [0.29, 0.717) is 18.0 Å². The maximum Gasteiger partial charge on any atom is 0.243 e. The van der Waals surface area contributed by atoms with Gasteiger partial charge in [0.05, 0.1) is 4.90 Å². The molecule has 0 aromatic heterocycles. The van der Waals surface area contributed by atoms with E-state index in [2.05, 4.69) is 0 Å². The molecule has 1 aromatic carbocycles. The van der Waals surface area contributed by atoms with Crippen LogP contribution in [0.1, 0.15) is 43.2 Å². The Labute approximate surface area is 115 Å². The van der Waals surface area contributed by atoms with Crippen LogP contribution >= 0.6 is 0 Å². The first kappa shape index (κ1) is 13.1. The number of nitrogens with zero attached hydrogens (tertiary/aromatic N) is 1. The van der Waals surface area contributed by atoms with E-state index in [9.17, 15) is 8.42 Å². The van der Waals surface area contributed by atoms with Crippen molar-refractivity contribution in [2.24, 2.45) is 0 Å². The van der Waals surface area contributed by atoms with Gasteiger partial charge in [-0.3, -0.25) is 0 Å². The summed E-state index contributed by atoms with van der Waals surface area (Å²) in [6, 6.07) is 5.71. The molecule has 1 saturated heterocycles. The van der Waals surface area contributed by atoms with Gasteiger partial charge in [0.15, 0.2) is 0 Å². The molecule has 0 amide bonds. The van der Waals surface area contributed by atoms with Crippen molar-refractivity contribution in [3.8, 4) is 0 Å². The van der Waals surface area contributed by atoms with Crippen molar-refractivity contribution >= 4 is 10.0 Å². The summed E-state index contributed by atoms with van der Waals surface area (Å²) < 4.78 is 27.0. The molecule has 0 atom stereocenters. The molecule has 1 aliphatic heterocycles. The first-order chi connectivity index (χ1) is 9.18. The van der Waals surface area contributed by atoms with E-state index in [1.165, 1.54) is 11.1 Å². The van der Waals surface area contributed by atoms with Crippen LogP contribution in [0.15, 0.2) is 23.1 Å². The van der Waals surface area contributed by atoms with Gasteiger partial charge in [-0.1, -0.05) is 18.9 Å². The molecule has 0 N–H and O–H groups in total. The molecule has 2 aliphatic rings. The number of aryl methyl sites for hydroxylation is 2. The van der Waals surface area contributed by atoms with E-state index < -0.39 is 10.0 Å². The van der Waals surface area contributed by atoms with Gasteiger partial charge < -0.3 is 0 Å². The fourth-order valence-electron chi connectivity index (χ4n) is 3.14. The molecule has 4 heteroatoms. The van der Waals surface area contributed by atoms with Crippen molar-refractivity contribution < 1.29 is 8.42 Å². The third-order valence-electron chi connectivity index (χ3n) is 4.27. The Bertz CT molecular complexity index is 558. The standard InChI is InChI=1S/C15H21NO2S/c17-19(18,16-10-3-1-2-4-11-16)15-9-8-13-6-5-7-14(13)12-15/h8-9,12H,1-7,10-11H2. The molecule has 0 spiro atoms. The largest absolute Gasteiger partial charge is 0.243 e. The Morgan fingerprint density at radius 2 is 1.53 bits per heavy atom. The SMILES string of the molecule is O=S(=O)(c1ccc2c(c1)CCC2)N1CCCCCC1. The van der Waals surface area contributed by atoms with Crippen LogP contribution in [0.5, 0.6) is 0 Å². The zero-order valence-corrected chi connectivity index (χ0v) is 12.1. The van der Waals surface area contributed by atoms with Gasteiger partial charge in [0, 0.05) is 13.1 Å². The normalized spacial score (nSPS) is 21.1. The maximum atomic E-state index is 12.7. The number of rotatable bonds is 2. The van der Waals surface area contributed by atoms with Gasteiger partial charge in [0.1, 0.15) is 0 Å². The molecular weight excluding hydrogens is 258 g/mol. The van der Waals surface area contributed by atoms with Gasteiger partial charge >= 0.3 is 0 Å². The number of sulfonamides is 1. The van der Waals surface area contributed by atoms with Gasteiger partial charge in [-0.25, -0.2) is 8.42 Å². The van der Waals surface area contributed by atoms with E-state index in [0.717, 1.165) is 44.9 Å². The van der Waals surface area contributed by atoms with Crippen molar-refractivity contribution in [1.29, 1.82) is 0 Å². The second-order valence-corrected chi connectivity index (χ2v) is 7.54. The van der Waals surface area contributed by atoms with Crippen LogP contribution < -0.4 is 0 Å². The van der Waals surface area contributed by atoms with Crippen LogP contribution in [0.3, 0.4) is 0 Å². The lowest BCUT2D eigenvalue weighted by Crippen LogP contribution is -2.32. The van der Waals surface area contributed by atoms with Gasteiger partial charge in [-0.05, 0) is 55.4 Å². The summed E-state index contributed by atoms with van der Waals surface area (Å²) in [6.07, 6.45) is 7.56. The molecule has 0 saturated carbocycles. The Kier molecular flexibility index (Phi) is 3.63. The fraction of sp³-hybridized carbons (Fsp3) is 0.600. The summed E-state index contributed by atoms with van der Waals surface area (Å²) in [5.41, 5.74) is 2.56. The Balaban J connectivity index is 1.90. The van der Waals surface area contributed by atoms with E-state index >= 15 is 0 Å². The number of hydrogen-bond acceptors (Lipinski definition) is 2. The van der Waals surface area contributed by atoms with Gasteiger partial charge in [-0.15, -0.1) is 0 Å². The highest BCUT2D eigenvalue weighted by atomic mass is 32.2. The smallest absolute Gasteiger partial charge is 0.207 e. The van der Waals surface area contributed by atoms with Crippen LogP contribution in [0.2, 0.25) is 0 Å². The highest BCUT2D eigenvalue weighted by Gasteiger charge is 2.26. The average molecular weight is 279 g/mol. The van der Waals surface area contributed by atoms with Crippen molar-refractivity contribution in [2.45, 2.75) is 49.8 Å². The summed E-state index contributed by atoms with van der Waals surface area (Å²) in [6.45, 7) is 1.36. The number of benzene rings is 1. The topological polar surface area (TPSA) is 37.4 Å². The summed E-state index contributed by atoms with van der Waals surface area (Å²) in [5, 5.41) is 0. The lowest BCUT2D eigenvalue weighted by molar-refractivity contribution is 0.423. The van der Waals surface area contributed by atoms with Gasteiger partial charge in [0.25, 0.3) is 0 Å². The molecule has 0 radical (unpaired) electrons. The molecule has 104 valence electrons. The Morgan fingerprint density at radius 3 is 2.26 bits per heavy atom. The minimum atomic E-state index is -3.27. The molecule has 1 heterocycles. The predicted molar refractivity (Wildman–Crippen MR) is 75.7 cm³/mol. The van der Waals surface area contributed by atoms with E-state index in [1.54, 1.807) is 10.4 Å². The van der Waals surface area contributed by atoms with Crippen molar-refractivity contribution in [3.63, 3.8) is 0 Å². The first-order valence-electron chi connectivity index (χ1n) is 7.30. The van der Waals surface area contributed by atoms with Gasteiger partial charge in [-0.2, -0.15) is 4.31 Å².